The number of carbonyl (C=O) groups excluding carboxylic acids is 1. The van der Waals surface area contributed by atoms with Gasteiger partial charge in [-0.25, -0.2) is 4.79 Å². The highest BCUT2D eigenvalue weighted by Crippen LogP contribution is 2.19. The van der Waals surface area contributed by atoms with E-state index in [2.05, 4.69) is 15.9 Å². The number of ether oxygens (including phenoxy) is 1. The minimum Gasteiger partial charge on any atom is -0.484 e. The monoisotopic (exact) mass is 343 g/mol. The van der Waals surface area contributed by atoms with Gasteiger partial charge in [0.15, 0.2) is 6.61 Å². The molecule has 1 fully saturated rings. The van der Waals surface area contributed by atoms with Crippen LogP contribution in [0.5, 0.6) is 5.75 Å². The zero-order valence-electron chi connectivity index (χ0n) is 10.5. The molecule has 0 spiro atoms. The van der Waals surface area contributed by atoms with Gasteiger partial charge >= 0.3 is 5.97 Å². The van der Waals surface area contributed by atoms with Crippen LogP contribution < -0.4 is 4.74 Å². The Morgan fingerprint density at radius 1 is 1.35 bits per heavy atom. The van der Waals surface area contributed by atoms with Crippen molar-refractivity contribution in [2.45, 2.75) is 18.6 Å². The molecular formula is C13H14BrNO5. The summed E-state index contributed by atoms with van der Waals surface area (Å²) in [5, 5.41) is 18.5. The van der Waals surface area contributed by atoms with Gasteiger partial charge in [-0.05, 0) is 24.3 Å². The Kier molecular flexibility index (Phi) is 4.61. The second kappa shape index (κ2) is 6.23. The first-order chi connectivity index (χ1) is 9.47. The van der Waals surface area contributed by atoms with Crippen molar-refractivity contribution in [2.75, 3.05) is 13.2 Å². The van der Waals surface area contributed by atoms with Gasteiger partial charge < -0.3 is 19.8 Å². The number of rotatable bonds is 4. The zero-order valence-corrected chi connectivity index (χ0v) is 12.1. The van der Waals surface area contributed by atoms with Crippen LogP contribution in [0, 0.1) is 0 Å². The molecular weight excluding hydrogens is 330 g/mol. The van der Waals surface area contributed by atoms with Crippen molar-refractivity contribution >= 4 is 27.8 Å². The number of aliphatic hydroxyl groups is 1. The molecule has 20 heavy (non-hydrogen) atoms. The van der Waals surface area contributed by atoms with Crippen LogP contribution in [-0.2, 0) is 9.59 Å². The first-order valence-electron chi connectivity index (χ1n) is 6.06. The van der Waals surface area contributed by atoms with Gasteiger partial charge in [-0.2, -0.15) is 0 Å². The quantitative estimate of drug-likeness (QED) is 0.847. The standard InChI is InChI=1S/C13H14BrNO5/c14-8-1-3-10(4-2-8)20-7-12(17)15-6-9(16)5-11(15)13(18)19/h1-4,9,11,16H,5-7H2,(H,18,19). The van der Waals surface area contributed by atoms with Crippen LogP contribution in [0.3, 0.4) is 0 Å². The average molecular weight is 344 g/mol. The van der Waals surface area contributed by atoms with Gasteiger partial charge in [0, 0.05) is 17.4 Å². The van der Waals surface area contributed by atoms with Crippen molar-refractivity contribution in [1.29, 1.82) is 0 Å². The Labute approximate surface area is 124 Å². The first-order valence-corrected chi connectivity index (χ1v) is 6.85. The molecule has 2 unspecified atom stereocenters. The molecule has 1 aliphatic heterocycles. The van der Waals surface area contributed by atoms with Crippen molar-refractivity contribution in [3.05, 3.63) is 28.7 Å². The minimum atomic E-state index is -1.11. The molecule has 1 aromatic carbocycles. The van der Waals surface area contributed by atoms with E-state index < -0.39 is 24.0 Å². The van der Waals surface area contributed by atoms with Gasteiger partial charge in [0.25, 0.3) is 5.91 Å². The lowest BCUT2D eigenvalue weighted by Gasteiger charge is -2.21. The van der Waals surface area contributed by atoms with Gasteiger partial charge in [-0.1, -0.05) is 15.9 Å². The fourth-order valence-electron chi connectivity index (χ4n) is 2.08. The van der Waals surface area contributed by atoms with Crippen LogP contribution in [-0.4, -0.2) is 52.3 Å². The zero-order chi connectivity index (χ0) is 14.7. The van der Waals surface area contributed by atoms with Crippen LogP contribution in [0.1, 0.15) is 6.42 Å². The van der Waals surface area contributed by atoms with E-state index in [0.29, 0.717) is 5.75 Å². The summed E-state index contributed by atoms with van der Waals surface area (Å²) >= 11 is 3.29. The summed E-state index contributed by atoms with van der Waals surface area (Å²) in [5.74, 6) is -1.04. The fraction of sp³-hybridized carbons (Fsp3) is 0.385. The number of halogens is 1. The van der Waals surface area contributed by atoms with E-state index in [1.54, 1.807) is 24.3 Å². The molecule has 7 heteroatoms. The Hall–Kier alpha value is -1.60. The smallest absolute Gasteiger partial charge is 0.326 e. The van der Waals surface area contributed by atoms with Crippen LogP contribution in [0.4, 0.5) is 0 Å². The lowest BCUT2D eigenvalue weighted by Crippen LogP contribution is -2.42. The lowest BCUT2D eigenvalue weighted by molar-refractivity contribution is -0.148. The maximum Gasteiger partial charge on any atom is 0.326 e. The minimum absolute atomic E-state index is 0.0273. The SMILES string of the molecule is O=C(O)C1CC(O)CN1C(=O)COc1ccc(Br)cc1. The van der Waals surface area contributed by atoms with Crippen molar-refractivity contribution < 1.29 is 24.5 Å². The van der Waals surface area contributed by atoms with Crippen molar-refractivity contribution in [1.82, 2.24) is 4.90 Å². The van der Waals surface area contributed by atoms with Gasteiger partial charge in [0.2, 0.25) is 0 Å². The molecule has 2 rings (SSSR count). The van der Waals surface area contributed by atoms with Crippen LogP contribution in [0.2, 0.25) is 0 Å². The molecule has 0 saturated carbocycles. The van der Waals surface area contributed by atoms with E-state index >= 15 is 0 Å². The maximum atomic E-state index is 12.0. The van der Waals surface area contributed by atoms with Crippen molar-refractivity contribution in [3.8, 4) is 5.75 Å². The Balaban J connectivity index is 1.94. The van der Waals surface area contributed by atoms with Gasteiger partial charge in [0.05, 0.1) is 6.10 Å². The molecule has 108 valence electrons. The third-order valence-corrected chi connectivity index (χ3v) is 3.59. The number of aliphatic hydroxyl groups excluding tert-OH is 1. The number of carboxylic acid groups (broad SMARTS) is 1. The third kappa shape index (κ3) is 3.49. The number of hydrogen-bond donors (Lipinski definition) is 2. The van der Waals surface area contributed by atoms with Crippen molar-refractivity contribution in [3.63, 3.8) is 0 Å². The molecule has 1 aromatic rings. The number of nitrogens with zero attached hydrogens (tertiary/aromatic N) is 1. The number of likely N-dealkylation sites (tertiary alicyclic amines) is 1. The summed E-state index contributed by atoms with van der Waals surface area (Å²) in [6.45, 7) is -0.225. The molecule has 0 aliphatic carbocycles. The van der Waals surface area contributed by atoms with Crippen LogP contribution >= 0.6 is 15.9 Å². The molecule has 1 amide bonds. The van der Waals surface area contributed by atoms with Gasteiger partial charge in [-0.3, -0.25) is 4.79 Å². The van der Waals surface area contributed by atoms with E-state index in [9.17, 15) is 14.7 Å². The molecule has 0 aromatic heterocycles. The highest BCUT2D eigenvalue weighted by atomic mass is 79.9. The fourth-order valence-corrected chi connectivity index (χ4v) is 2.35. The normalized spacial score (nSPS) is 21.8. The topological polar surface area (TPSA) is 87.1 Å². The summed E-state index contributed by atoms with van der Waals surface area (Å²) in [7, 11) is 0. The summed E-state index contributed by atoms with van der Waals surface area (Å²) < 4.78 is 6.21. The first kappa shape index (κ1) is 14.8. The number of benzene rings is 1. The summed E-state index contributed by atoms with van der Waals surface area (Å²) in [5.41, 5.74) is 0. The van der Waals surface area contributed by atoms with Crippen LogP contribution in [0.15, 0.2) is 28.7 Å². The number of aliphatic carboxylic acids is 1. The Morgan fingerprint density at radius 3 is 2.60 bits per heavy atom. The Morgan fingerprint density at radius 2 is 2.00 bits per heavy atom. The number of carboxylic acids is 1. The van der Waals surface area contributed by atoms with E-state index in [1.807, 2.05) is 0 Å². The van der Waals surface area contributed by atoms with E-state index in [1.165, 1.54) is 0 Å². The highest BCUT2D eigenvalue weighted by molar-refractivity contribution is 9.10. The molecule has 2 N–H and O–H groups in total. The van der Waals surface area contributed by atoms with Gasteiger partial charge in [-0.15, -0.1) is 0 Å². The molecule has 1 heterocycles. The summed E-state index contributed by atoms with van der Waals surface area (Å²) in [6, 6.07) is 5.97. The van der Waals surface area contributed by atoms with Gasteiger partial charge in [0.1, 0.15) is 11.8 Å². The molecule has 6 nitrogen and oxygen atoms in total. The largest absolute Gasteiger partial charge is 0.484 e. The molecule has 0 bridgehead atoms. The molecule has 1 aliphatic rings. The van der Waals surface area contributed by atoms with E-state index in [4.69, 9.17) is 9.84 Å². The Bertz CT molecular complexity index is 504. The number of β-amino-alcohol motifs (C(OH)–C–C–N with tert-alkyl or cyclic N) is 1. The second-order valence-electron chi connectivity index (χ2n) is 4.53. The lowest BCUT2D eigenvalue weighted by atomic mass is 10.2. The molecule has 0 radical (unpaired) electrons. The van der Waals surface area contributed by atoms with Crippen molar-refractivity contribution in [2.24, 2.45) is 0 Å². The predicted octanol–water partition coefficient (Wildman–Crippen LogP) is 0.874. The summed E-state index contributed by atoms with van der Waals surface area (Å²) in [6.07, 6.45) is -0.743. The highest BCUT2D eigenvalue weighted by Gasteiger charge is 2.38. The number of hydrogen-bond acceptors (Lipinski definition) is 4. The summed E-state index contributed by atoms with van der Waals surface area (Å²) in [4.78, 5) is 24.1. The number of carbonyl (C=O) groups is 2. The van der Waals surface area contributed by atoms with Crippen LogP contribution in [0.25, 0.3) is 0 Å². The number of amides is 1. The molecule has 2 atom stereocenters. The second-order valence-corrected chi connectivity index (χ2v) is 5.45. The average Bonchev–Trinajstić information content (AvgIpc) is 2.80. The van der Waals surface area contributed by atoms with E-state index in [0.717, 1.165) is 9.37 Å². The third-order valence-electron chi connectivity index (χ3n) is 3.06. The molecule has 1 saturated heterocycles. The predicted molar refractivity (Wildman–Crippen MR) is 73.4 cm³/mol. The maximum absolute atomic E-state index is 12.0. The van der Waals surface area contributed by atoms with E-state index in [-0.39, 0.29) is 19.6 Å².